The molecule has 0 heterocycles. The fourth-order valence-electron chi connectivity index (χ4n) is 5.33. The molecule has 4 nitrogen and oxygen atoms in total. The third-order valence-electron chi connectivity index (χ3n) is 5.58. The van der Waals surface area contributed by atoms with E-state index in [4.69, 9.17) is 4.74 Å². The van der Waals surface area contributed by atoms with E-state index in [1.165, 1.54) is 38.5 Å². The monoisotopic (exact) mass is 276 g/mol. The van der Waals surface area contributed by atoms with Crippen molar-refractivity contribution < 1.29 is 9.53 Å². The van der Waals surface area contributed by atoms with Gasteiger partial charge in [-0.15, -0.1) is 0 Å². The van der Waals surface area contributed by atoms with Gasteiger partial charge in [-0.1, -0.05) is 0 Å². The van der Waals surface area contributed by atoms with Crippen LogP contribution in [0.5, 0.6) is 0 Å². The summed E-state index contributed by atoms with van der Waals surface area (Å²) in [5.41, 5.74) is 0.121. The van der Waals surface area contributed by atoms with Crippen molar-refractivity contribution in [3.05, 3.63) is 0 Å². The van der Waals surface area contributed by atoms with Crippen LogP contribution in [0.4, 0.5) is 0 Å². The molecule has 4 bridgehead atoms. The Morgan fingerprint density at radius 1 is 1.30 bits per heavy atom. The normalized spacial score (nSPS) is 39.3. The van der Waals surface area contributed by atoms with Gasteiger partial charge in [0.05, 0.1) is 19.2 Å². The third kappa shape index (κ3) is 2.44. The van der Waals surface area contributed by atoms with E-state index in [2.05, 4.69) is 11.4 Å². The number of carbonyl (C=O) groups excluding carboxylic acids is 1. The molecule has 0 saturated heterocycles. The maximum Gasteiger partial charge on any atom is 0.319 e. The van der Waals surface area contributed by atoms with Crippen molar-refractivity contribution in [1.82, 2.24) is 5.32 Å². The van der Waals surface area contributed by atoms with Gasteiger partial charge < -0.3 is 4.74 Å². The van der Waals surface area contributed by atoms with Gasteiger partial charge in [-0.05, 0) is 68.6 Å². The zero-order chi connectivity index (χ0) is 14.2. The van der Waals surface area contributed by atoms with Crippen LogP contribution in [0, 0.1) is 34.5 Å². The molecule has 20 heavy (non-hydrogen) atoms. The van der Waals surface area contributed by atoms with E-state index in [0.717, 1.165) is 17.8 Å². The summed E-state index contributed by atoms with van der Waals surface area (Å²) in [7, 11) is 0. The Bertz CT molecular complexity index is 391. The lowest BCUT2D eigenvalue weighted by Crippen LogP contribution is -2.56. The summed E-state index contributed by atoms with van der Waals surface area (Å²) >= 11 is 0. The Balaban J connectivity index is 1.67. The van der Waals surface area contributed by atoms with Crippen molar-refractivity contribution in [3.8, 4) is 6.07 Å². The van der Waals surface area contributed by atoms with Gasteiger partial charge in [0.15, 0.2) is 0 Å². The van der Waals surface area contributed by atoms with Gasteiger partial charge in [-0.3, -0.25) is 10.1 Å². The van der Waals surface area contributed by atoms with Crippen LogP contribution < -0.4 is 5.32 Å². The summed E-state index contributed by atoms with van der Waals surface area (Å²) in [6.45, 7) is 2.36. The second kappa shape index (κ2) is 5.37. The van der Waals surface area contributed by atoms with Crippen LogP contribution in [-0.4, -0.2) is 25.2 Å². The summed E-state index contributed by atoms with van der Waals surface area (Å²) in [6.07, 6.45) is 7.63. The molecule has 0 amide bonds. The SMILES string of the molecule is CCOC(=O)CNC(C#N)C12CC3CC(CC(C3)C1)C2. The highest BCUT2D eigenvalue weighted by Gasteiger charge is 2.54. The zero-order valence-electron chi connectivity index (χ0n) is 12.2. The molecule has 4 saturated carbocycles. The molecular weight excluding hydrogens is 252 g/mol. The molecule has 4 heteroatoms. The smallest absolute Gasteiger partial charge is 0.319 e. The summed E-state index contributed by atoms with van der Waals surface area (Å²) in [5, 5.41) is 12.7. The maximum atomic E-state index is 11.5. The van der Waals surface area contributed by atoms with Gasteiger partial charge in [0.1, 0.15) is 6.04 Å². The highest BCUT2D eigenvalue weighted by Crippen LogP contribution is 2.61. The number of hydrogen-bond acceptors (Lipinski definition) is 4. The van der Waals surface area contributed by atoms with Crippen molar-refractivity contribution in [2.45, 2.75) is 51.5 Å². The Kier molecular flexibility index (Phi) is 3.72. The second-order valence-corrected chi connectivity index (χ2v) is 7.03. The van der Waals surface area contributed by atoms with Crippen molar-refractivity contribution in [2.24, 2.45) is 23.2 Å². The Morgan fingerprint density at radius 2 is 1.85 bits per heavy atom. The van der Waals surface area contributed by atoms with E-state index < -0.39 is 0 Å². The highest BCUT2D eigenvalue weighted by molar-refractivity contribution is 5.71. The number of nitriles is 1. The van der Waals surface area contributed by atoms with Gasteiger partial charge in [-0.25, -0.2) is 0 Å². The molecule has 0 aromatic carbocycles. The number of esters is 1. The first kappa shape index (κ1) is 13.9. The van der Waals surface area contributed by atoms with Crippen molar-refractivity contribution in [2.75, 3.05) is 13.2 Å². The molecule has 0 radical (unpaired) electrons. The van der Waals surface area contributed by atoms with Gasteiger partial charge in [0, 0.05) is 0 Å². The minimum atomic E-state index is -0.252. The lowest BCUT2D eigenvalue weighted by molar-refractivity contribution is -0.142. The molecule has 1 N–H and O–H groups in total. The first-order valence-corrected chi connectivity index (χ1v) is 7.94. The van der Waals surface area contributed by atoms with E-state index in [1.807, 2.05) is 0 Å². The molecule has 1 atom stereocenters. The maximum absolute atomic E-state index is 11.5. The topological polar surface area (TPSA) is 62.1 Å². The molecule has 1 unspecified atom stereocenters. The number of nitrogens with one attached hydrogen (secondary N) is 1. The number of ether oxygens (including phenoxy) is 1. The Labute approximate surface area is 120 Å². The number of rotatable bonds is 5. The van der Waals surface area contributed by atoms with E-state index in [0.29, 0.717) is 6.61 Å². The van der Waals surface area contributed by atoms with Crippen LogP contribution in [0.2, 0.25) is 0 Å². The molecule has 110 valence electrons. The van der Waals surface area contributed by atoms with Crippen LogP contribution in [0.15, 0.2) is 0 Å². The lowest BCUT2D eigenvalue weighted by Gasteiger charge is -2.58. The van der Waals surface area contributed by atoms with Crippen molar-refractivity contribution in [3.63, 3.8) is 0 Å². The van der Waals surface area contributed by atoms with E-state index in [1.54, 1.807) is 6.92 Å². The largest absolute Gasteiger partial charge is 0.465 e. The summed E-state index contributed by atoms with van der Waals surface area (Å²) < 4.78 is 4.94. The predicted molar refractivity (Wildman–Crippen MR) is 74.6 cm³/mol. The van der Waals surface area contributed by atoms with E-state index in [-0.39, 0.29) is 24.0 Å². The van der Waals surface area contributed by atoms with Gasteiger partial charge >= 0.3 is 5.97 Å². The fourth-order valence-corrected chi connectivity index (χ4v) is 5.33. The molecular formula is C16H24N2O2. The van der Waals surface area contributed by atoms with Crippen LogP contribution in [0.1, 0.15) is 45.4 Å². The van der Waals surface area contributed by atoms with Crippen molar-refractivity contribution in [1.29, 1.82) is 5.26 Å². The van der Waals surface area contributed by atoms with Crippen LogP contribution >= 0.6 is 0 Å². The zero-order valence-corrected chi connectivity index (χ0v) is 12.2. The molecule has 4 aliphatic carbocycles. The minimum Gasteiger partial charge on any atom is -0.465 e. The summed E-state index contributed by atoms with van der Waals surface area (Å²) in [6, 6.07) is 2.24. The van der Waals surface area contributed by atoms with Crippen LogP contribution in [-0.2, 0) is 9.53 Å². The predicted octanol–water partition coefficient (Wildman–Crippen LogP) is 2.25. The number of carbonyl (C=O) groups is 1. The average molecular weight is 276 g/mol. The molecule has 0 aromatic rings. The summed E-state index contributed by atoms with van der Waals surface area (Å²) in [4.78, 5) is 11.5. The minimum absolute atomic E-state index is 0.121. The van der Waals surface area contributed by atoms with E-state index in [9.17, 15) is 10.1 Å². The second-order valence-electron chi connectivity index (χ2n) is 7.03. The molecule has 0 aliphatic heterocycles. The standard InChI is InChI=1S/C16H24N2O2/c1-2-20-15(19)10-18-14(9-17)16-6-11-3-12(7-16)5-13(4-11)8-16/h11-14,18H,2-8,10H2,1H3. The number of nitrogens with zero attached hydrogens (tertiary/aromatic N) is 1. The van der Waals surface area contributed by atoms with Crippen LogP contribution in [0.3, 0.4) is 0 Å². The molecule has 0 spiro atoms. The van der Waals surface area contributed by atoms with E-state index >= 15 is 0 Å². The number of hydrogen-bond donors (Lipinski definition) is 1. The molecule has 4 rings (SSSR count). The van der Waals surface area contributed by atoms with Gasteiger partial charge in [0.2, 0.25) is 0 Å². The molecule has 4 aliphatic rings. The molecule has 4 fully saturated rings. The first-order chi connectivity index (χ1) is 9.65. The lowest BCUT2D eigenvalue weighted by atomic mass is 9.48. The summed E-state index contributed by atoms with van der Waals surface area (Å²) in [5.74, 6) is 2.21. The fraction of sp³-hybridized carbons (Fsp3) is 0.875. The van der Waals surface area contributed by atoms with Crippen LogP contribution in [0.25, 0.3) is 0 Å². The quantitative estimate of drug-likeness (QED) is 0.782. The highest BCUT2D eigenvalue weighted by atomic mass is 16.5. The Hall–Kier alpha value is -1.08. The first-order valence-electron chi connectivity index (χ1n) is 7.94. The molecule has 0 aromatic heterocycles. The third-order valence-corrected chi connectivity index (χ3v) is 5.58. The Morgan fingerprint density at radius 3 is 2.30 bits per heavy atom. The van der Waals surface area contributed by atoms with Gasteiger partial charge in [0.25, 0.3) is 0 Å². The average Bonchev–Trinajstić information content (AvgIpc) is 2.37. The van der Waals surface area contributed by atoms with Crippen molar-refractivity contribution >= 4 is 5.97 Å². The van der Waals surface area contributed by atoms with Gasteiger partial charge in [-0.2, -0.15) is 5.26 Å².